The van der Waals surface area contributed by atoms with Gasteiger partial charge in [0.1, 0.15) is 22.9 Å². The summed E-state index contributed by atoms with van der Waals surface area (Å²) < 4.78 is 71.7. The molecule has 0 saturated carbocycles. The molecule has 2 aromatic carbocycles. The van der Waals surface area contributed by atoms with Crippen molar-refractivity contribution >= 4 is 29.8 Å². The average Bonchev–Trinajstić information content (AvgIpc) is 2.72. The molecule has 1 heterocycles. The number of piperidine rings is 1. The lowest BCUT2D eigenvalue weighted by Crippen LogP contribution is -2.42. The summed E-state index contributed by atoms with van der Waals surface area (Å²) in [5.74, 6) is -4.06. The molecule has 1 aliphatic rings. The lowest BCUT2D eigenvalue weighted by molar-refractivity contribution is -0.274. The average molecular weight is 475 g/mol. The predicted octanol–water partition coefficient (Wildman–Crippen LogP) is 5.27. The molecule has 3 rings (SSSR count). The van der Waals surface area contributed by atoms with E-state index in [2.05, 4.69) is 4.74 Å². The fraction of sp³-hybridized carbons (Fsp3) is 0.300. The molecule has 0 spiro atoms. The minimum absolute atomic E-state index is 0.134. The number of amides is 3. The van der Waals surface area contributed by atoms with Gasteiger partial charge in [-0.05, 0) is 49.2 Å². The summed E-state index contributed by atoms with van der Waals surface area (Å²) in [6, 6.07) is 6.24. The summed E-state index contributed by atoms with van der Waals surface area (Å²) in [7, 11) is 0. The van der Waals surface area contributed by atoms with Crippen molar-refractivity contribution in [2.75, 3.05) is 17.4 Å². The highest BCUT2D eigenvalue weighted by molar-refractivity contribution is 7.99. The van der Waals surface area contributed by atoms with Crippen molar-refractivity contribution in [2.24, 2.45) is 0 Å². The van der Waals surface area contributed by atoms with Crippen LogP contribution in [0.25, 0.3) is 0 Å². The van der Waals surface area contributed by atoms with Gasteiger partial charge in [-0.2, -0.15) is 0 Å². The number of anilines is 1. The van der Waals surface area contributed by atoms with Gasteiger partial charge in [-0.1, -0.05) is 12.5 Å². The predicted molar refractivity (Wildman–Crippen MR) is 108 cm³/mol. The molecule has 0 aromatic heterocycles. The van der Waals surface area contributed by atoms with E-state index in [1.165, 1.54) is 12.1 Å². The molecule has 0 radical (unpaired) electrons. The highest BCUT2D eigenvalue weighted by atomic mass is 32.2. The summed E-state index contributed by atoms with van der Waals surface area (Å²) in [6.07, 6.45) is -2.12. The van der Waals surface area contributed by atoms with Crippen LogP contribution in [0.3, 0.4) is 0 Å². The lowest BCUT2D eigenvalue weighted by atomic mass is 10.2. The molecule has 1 saturated heterocycles. The number of imide groups is 1. The van der Waals surface area contributed by atoms with Crippen molar-refractivity contribution in [1.29, 1.82) is 0 Å². The molecule has 2 aromatic rings. The van der Waals surface area contributed by atoms with E-state index in [0.29, 0.717) is 13.1 Å². The monoisotopic (exact) mass is 475 g/mol. The van der Waals surface area contributed by atoms with Gasteiger partial charge in [0.05, 0.1) is 5.69 Å². The number of carbonyl (C=O) groups is 2. The number of urea groups is 1. The highest BCUT2D eigenvalue weighted by Gasteiger charge is 2.31. The van der Waals surface area contributed by atoms with Crippen LogP contribution in [0.1, 0.15) is 29.6 Å². The Labute approximate surface area is 184 Å². The molecule has 0 aliphatic carbocycles. The standard InChI is InChI=1S/C20H18F5N3O3S/c21-15-5-4-6-16(22)17(15)18(29)26-19(30)28(32-27-11-2-1-3-12-27)13-7-9-14(10-8-13)31-20(23,24)25/h4-10H,1-3,11-12H2,(H,26,29,30). The zero-order valence-electron chi connectivity index (χ0n) is 16.5. The van der Waals surface area contributed by atoms with Crippen LogP contribution in [0.4, 0.5) is 32.4 Å². The van der Waals surface area contributed by atoms with Gasteiger partial charge in [-0.25, -0.2) is 22.2 Å². The van der Waals surface area contributed by atoms with Gasteiger partial charge in [-0.3, -0.25) is 10.1 Å². The number of alkyl halides is 3. The lowest BCUT2D eigenvalue weighted by Gasteiger charge is -2.30. The largest absolute Gasteiger partial charge is 0.573 e. The molecule has 1 fully saturated rings. The van der Waals surface area contributed by atoms with Crippen LogP contribution in [-0.2, 0) is 0 Å². The first-order valence-electron chi connectivity index (χ1n) is 9.52. The van der Waals surface area contributed by atoms with E-state index in [-0.39, 0.29) is 5.69 Å². The Hall–Kier alpha value is -2.86. The van der Waals surface area contributed by atoms with E-state index in [9.17, 15) is 31.5 Å². The quantitative estimate of drug-likeness (QED) is 0.472. The number of benzene rings is 2. The minimum atomic E-state index is -4.88. The number of nitrogens with one attached hydrogen (secondary N) is 1. The first-order chi connectivity index (χ1) is 15.1. The second-order valence-corrected chi connectivity index (χ2v) is 7.81. The maximum Gasteiger partial charge on any atom is 0.573 e. The van der Waals surface area contributed by atoms with Crippen LogP contribution >= 0.6 is 12.1 Å². The molecule has 3 amide bonds. The minimum Gasteiger partial charge on any atom is -0.406 e. The Balaban J connectivity index is 1.81. The Morgan fingerprint density at radius 1 is 0.969 bits per heavy atom. The van der Waals surface area contributed by atoms with Gasteiger partial charge in [-0.15, -0.1) is 13.2 Å². The maximum absolute atomic E-state index is 13.9. The van der Waals surface area contributed by atoms with Crippen molar-refractivity contribution in [3.05, 3.63) is 59.7 Å². The van der Waals surface area contributed by atoms with Crippen LogP contribution in [0.5, 0.6) is 5.75 Å². The fourth-order valence-corrected chi connectivity index (χ4v) is 3.96. The molecular weight excluding hydrogens is 457 g/mol. The van der Waals surface area contributed by atoms with Crippen molar-refractivity contribution < 1.29 is 36.3 Å². The SMILES string of the molecule is O=C(NC(=O)N(SN1CCCCC1)c1ccc(OC(F)(F)F)cc1)c1c(F)cccc1F. The van der Waals surface area contributed by atoms with Crippen LogP contribution in [-0.4, -0.2) is 35.7 Å². The number of nitrogens with zero attached hydrogens (tertiary/aromatic N) is 2. The zero-order chi connectivity index (χ0) is 23.3. The van der Waals surface area contributed by atoms with E-state index in [4.69, 9.17) is 0 Å². The first kappa shape index (κ1) is 23.8. The number of carbonyl (C=O) groups excluding carboxylic acids is 2. The number of rotatable bonds is 5. The Morgan fingerprint density at radius 3 is 2.12 bits per heavy atom. The second kappa shape index (κ2) is 10.2. The first-order valence-corrected chi connectivity index (χ1v) is 10.3. The molecule has 0 bridgehead atoms. The van der Waals surface area contributed by atoms with E-state index >= 15 is 0 Å². The topological polar surface area (TPSA) is 61.9 Å². The molecule has 172 valence electrons. The van der Waals surface area contributed by atoms with Gasteiger partial charge in [0, 0.05) is 25.2 Å². The van der Waals surface area contributed by atoms with Gasteiger partial charge >= 0.3 is 12.4 Å². The third kappa shape index (κ3) is 6.33. The molecule has 6 nitrogen and oxygen atoms in total. The molecule has 0 atom stereocenters. The molecule has 1 aliphatic heterocycles. The second-order valence-electron chi connectivity index (χ2n) is 6.76. The van der Waals surface area contributed by atoms with E-state index in [1.54, 1.807) is 0 Å². The van der Waals surface area contributed by atoms with Crippen LogP contribution in [0.2, 0.25) is 0 Å². The summed E-state index contributed by atoms with van der Waals surface area (Å²) in [5.41, 5.74) is -0.785. The molecule has 0 unspecified atom stereocenters. The number of hydrogen-bond donors (Lipinski definition) is 1. The van der Waals surface area contributed by atoms with Crippen molar-refractivity contribution in [1.82, 2.24) is 9.62 Å². The Morgan fingerprint density at radius 2 is 1.56 bits per heavy atom. The van der Waals surface area contributed by atoms with Crippen LogP contribution in [0, 0.1) is 11.6 Å². The molecule has 1 N–H and O–H groups in total. The van der Waals surface area contributed by atoms with Crippen LogP contribution in [0.15, 0.2) is 42.5 Å². The van der Waals surface area contributed by atoms with Crippen molar-refractivity contribution in [3.8, 4) is 5.75 Å². The smallest absolute Gasteiger partial charge is 0.406 e. The number of halogens is 5. The summed E-state index contributed by atoms with van der Waals surface area (Å²) >= 11 is 0.943. The summed E-state index contributed by atoms with van der Waals surface area (Å²) in [4.78, 5) is 25.2. The number of hydrogen-bond acceptors (Lipinski definition) is 5. The Bertz CT molecular complexity index is 946. The summed E-state index contributed by atoms with van der Waals surface area (Å²) in [6.45, 7) is 1.28. The van der Waals surface area contributed by atoms with Gasteiger partial charge < -0.3 is 4.74 Å². The highest BCUT2D eigenvalue weighted by Crippen LogP contribution is 2.31. The maximum atomic E-state index is 13.9. The van der Waals surface area contributed by atoms with E-state index < -0.39 is 41.2 Å². The van der Waals surface area contributed by atoms with Crippen molar-refractivity contribution in [3.63, 3.8) is 0 Å². The van der Waals surface area contributed by atoms with Crippen LogP contribution < -0.4 is 14.4 Å². The van der Waals surface area contributed by atoms with Crippen molar-refractivity contribution in [2.45, 2.75) is 25.6 Å². The van der Waals surface area contributed by atoms with E-state index in [0.717, 1.165) is 66.0 Å². The summed E-state index contributed by atoms with van der Waals surface area (Å²) in [5, 5.41) is 1.93. The molecule has 12 heteroatoms. The normalized spacial score (nSPS) is 14.7. The third-order valence-electron chi connectivity index (χ3n) is 4.41. The third-order valence-corrected chi connectivity index (χ3v) is 5.55. The van der Waals surface area contributed by atoms with Gasteiger partial charge in [0.2, 0.25) is 0 Å². The van der Waals surface area contributed by atoms with Gasteiger partial charge in [0.25, 0.3) is 5.91 Å². The zero-order valence-corrected chi connectivity index (χ0v) is 17.3. The fourth-order valence-electron chi connectivity index (χ4n) is 2.97. The van der Waals surface area contributed by atoms with Gasteiger partial charge in [0.15, 0.2) is 0 Å². The molecular formula is C20H18F5N3O3S. The number of ether oxygens (including phenoxy) is 1. The van der Waals surface area contributed by atoms with E-state index in [1.807, 2.05) is 9.62 Å². The molecule has 32 heavy (non-hydrogen) atoms. The Kier molecular flexibility index (Phi) is 7.56.